The fourth-order valence-electron chi connectivity index (χ4n) is 2.69. The van der Waals surface area contributed by atoms with Gasteiger partial charge in [0.1, 0.15) is 15.8 Å². The summed E-state index contributed by atoms with van der Waals surface area (Å²) in [7, 11) is 1.68. The highest BCUT2D eigenvalue weighted by molar-refractivity contribution is 8.23. The summed E-state index contributed by atoms with van der Waals surface area (Å²) < 4.78 is 6.31. The third-order valence-corrected chi connectivity index (χ3v) is 7.35. The Morgan fingerprint density at radius 3 is 2.80 bits per heavy atom. The molecule has 0 atom stereocenters. The largest absolute Gasteiger partial charge is 0.494 e. The summed E-state index contributed by atoms with van der Waals surface area (Å²) in [4.78, 5) is 7.09. The zero-order valence-corrected chi connectivity index (χ0v) is 17.6. The van der Waals surface area contributed by atoms with E-state index >= 15 is 0 Å². The van der Waals surface area contributed by atoms with E-state index in [9.17, 15) is 0 Å². The van der Waals surface area contributed by atoms with Gasteiger partial charge < -0.3 is 9.64 Å². The van der Waals surface area contributed by atoms with E-state index in [4.69, 9.17) is 21.9 Å². The number of thiocarbonyl (C=S) groups is 1. The van der Waals surface area contributed by atoms with Crippen molar-refractivity contribution in [3.63, 3.8) is 0 Å². The number of benzene rings is 1. The first-order valence-electron chi connectivity index (χ1n) is 8.49. The van der Waals surface area contributed by atoms with E-state index in [1.807, 2.05) is 30.3 Å². The average molecular weight is 395 g/mol. The molecular weight excluding hydrogens is 368 g/mol. The van der Waals surface area contributed by atoms with E-state index in [1.165, 1.54) is 0 Å². The summed E-state index contributed by atoms with van der Waals surface area (Å²) in [5.74, 6) is 2.66. The van der Waals surface area contributed by atoms with Crippen molar-refractivity contribution in [3.8, 4) is 5.75 Å². The van der Waals surface area contributed by atoms with Gasteiger partial charge in [0.25, 0.3) is 0 Å². The topological polar surface area (TPSA) is 24.8 Å². The number of hydrogen-bond acceptors (Lipinski definition) is 5. The molecule has 0 unspecified atom stereocenters. The van der Waals surface area contributed by atoms with Gasteiger partial charge in [-0.25, -0.2) is 4.99 Å². The molecule has 1 aliphatic heterocycles. The zero-order valence-electron chi connectivity index (χ0n) is 15.2. The standard InChI is InChI=1S/C19H26N2OS3/c1-5-12-24-18(23)21-13-19(6-2,7-3)14-25-17(21)20-15-10-8-9-11-16(15)22-4/h5,8-11H,1,6-7,12-14H2,2-4H3. The number of nitrogens with zero attached hydrogens (tertiary/aromatic N) is 2. The molecule has 0 amide bonds. The van der Waals surface area contributed by atoms with Crippen LogP contribution in [0.5, 0.6) is 5.75 Å². The maximum absolute atomic E-state index is 5.71. The Morgan fingerprint density at radius 2 is 2.16 bits per heavy atom. The Kier molecular flexibility index (Phi) is 7.84. The second-order valence-corrected chi connectivity index (χ2v) is 8.61. The monoisotopic (exact) mass is 394 g/mol. The lowest BCUT2D eigenvalue weighted by atomic mass is 9.84. The molecule has 0 radical (unpaired) electrons. The van der Waals surface area contributed by atoms with Crippen LogP contribution in [0.25, 0.3) is 0 Å². The van der Waals surface area contributed by atoms with Gasteiger partial charge in [0, 0.05) is 18.1 Å². The Hall–Kier alpha value is -0.980. The third kappa shape index (κ3) is 5.02. The van der Waals surface area contributed by atoms with Crippen LogP contribution in [0, 0.1) is 5.41 Å². The fraction of sp³-hybridized carbons (Fsp3) is 0.474. The molecule has 6 heteroatoms. The predicted molar refractivity (Wildman–Crippen MR) is 118 cm³/mol. The fourth-order valence-corrected chi connectivity index (χ4v) is 5.14. The first-order valence-corrected chi connectivity index (χ1v) is 10.9. The lowest BCUT2D eigenvalue weighted by Crippen LogP contribution is -2.47. The maximum atomic E-state index is 5.71. The molecule has 1 heterocycles. The van der Waals surface area contributed by atoms with E-state index in [0.29, 0.717) is 0 Å². The van der Waals surface area contributed by atoms with E-state index in [0.717, 1.165) is 51.8 Å². The van der Waals surface area contributed by atoms with E-state index in [-0.39, 0.29) is 5.41 Å². The molecule has 1 aromatic rings. The van der Waals surface area contributed by atoms with Crippen molar-refractivity contribution >= 4 is 50.9 Å². The Morgan fingerprint density at radius 1 is 1.44 bits per heavy atom. The van der Waals surface area contributed by atoms with E-state index < -0.39 is 0 Å². The molecule has 0 saturated carbocycles. The number of amidine groups is 1. The van der Waals surface area contributed by atoms with Gasteiger partial charge in [0.05, 0.1) is 7.11 Å². The van der Waals surface area contributed by atoms with Gasteiger partial charge in [-0.2, -0.15) is 0 Å². The van der Waals surface area contributed by atoms with Gasteiger partial charge in [-0.1, -0.05) is 67.8 Å². The van der Waals surface area contributed by atoms with Crippen molar-refractivity contribution in [3.05, 3.63) is 36.9 Å². The second-order valence-electron chi connectivity index (χ2n) is 6.01. The number of para-hydroxylation sites is 2. The minimum Gasteiger partial charge on any atom is -0.494 e. The third-order valence-electron chi connectivity index (χ3n) is 4.58. The summed E-state index contributed by atoms with van der Waals surface area (Å²) in [6.45, 7) is 9.25. The molecule has 0 bridgehead atoms. The molecule has 1 aromatic carbocycles. The van der Waals surface area contributed by atoms with Crippen molar-refractivity contribution < 1.29 is 4.74 Å². The molecule has 1 saturated heterocycles. The normalized spacial score (nSPS) is 18.2. The van der Waals surface area contributed by atoms with Crippen molar-refractivity contribution in [1.82, 2.24) is 4.90 Å². The maximum Gasteiger partial charge on any atom is 0.170 e. The summed E-state index contributed by atoms with van der Waals surface area (Å²) >= 11 is 9.15. The van der Waals surface area contributed by atoms with Gasteiger partial charge >= 0.3 is 0 Å². The minimum atomic E-state index is 0.281. The van der Waals surface area contributed by atoms with Gasteiger partial charge in [0.15, 0.2) is 5.17 Å². The number of aliphatic imine (C=N–C) groups is 1. The van der Waals surface area contributed by atoms with Crippen LogP contribution in [-0.2, 0) is 0 Å². The molecule has 1 fully saturated rings. The van der Waals surface area contributed by atoms with Crippen LogP contribution in [0.15, 0.2) is 41.9 Å². The Balaban J connectivity index is 2.35. The zero-order chi connectivity index (χ0) is 18.3. The highest BCUT2D eigenvalue weighted by Crippen LogP contribution is 2.40. The first-order chi connectivity index (χ1) is 12.1. The van der Waals surface area contributed by atoms with E-state index in [2.05, 4.69) is 25.3 Å². The summed E-state index contributed by atoms with van der Waals surface area (Å²) in [5.41, 5.74) is 1.12. The molecule has 0 N–H and O–H groups in total. The number of methoxy groups -OCH3 is 1. The van der Waals surface area contributed by atoms with E-state index in [1.54, 1.807) is 30.6 Å². The minimum absolute atomic E-state index is 0.281. The molecular formula is C19H26N2OS3. The van der Waals surface area contributed by atoms with Crippen LogP contribution >= 0.6 is 35.7 Å². The number of ether oxygens (including phenoxy) is 1. The summed E-state index contributed by atoms with van der Waals surface area (Å²) in [5, 5.41) is 0.962. The van der Waals surface area contributed by atoms with Crippen LogP contribution in [0.3, 0.4) is 0 Å². The van der Waals surface area contributed by atoms with Gasteiger partial charge in [-0.3, -0.25) is 0 Å². The molecule has 2 rings (SSSR count). The van der Waals surface area contributed by atoms with Gasteiger partial charge in [0.2, 0.25) is 0 Å². The lowest BCUT2D eigenvalue weighted by molar-refractivity contribution is 0.260. The molecule has 0 spiro atoms. The molecule has 136 valence electrons. The molecule has 1 aliphatic rings. The van der Waals surface area contributed by atoms with Gasteiger partial charge in [-0.05, 0) is 30.4 Å². The summed E-state index contributed by atoms with van der Waals surface area (Å²) in [6, 6.07) is 7.85. The summed E-state index contributed by atoms with van der Waals surface area (Å²) in [6.07, 6.45) is 4.17. The quantitative estimate of drug-likeness (QED) is 0.452. The van der Waals surface area contributed by atoms with Crippen molar-refractivity contribution in [2.75, 3.05) is 25.2 Å². The van der Waals surface area contributed by atoms with Crippen molar-refractivity contribution in [2.45, 2.75) is 26.7 Å². The molecule has 25 heavy (non-hydrogen) atoms. The van der Waals surface area contributed by atoms with Crippen molar-refractivity contribution in [1.29, 1.82) is 0 Å². The molecule has 3 nitrogen and oxygen atoms in total. The molecule has 0 aliphatic carbocycles. The first kappa shape index (κ1) is 20.3. The van der Waals surface area contributed by atoms with Gasteiger partial charge in [-0.15, -0.1) is 6.58 Å². The Labute approximate surface area is 165 Å². The molecule has 0 aromatic heterocycles. The highest BCUT2D eigenvalue weighted by atomic mass is 32.2. The lowest BCUT2D eigenvalue weighted by Gasteiger charge is -2.42. The Bertz CT molecular complexity index is 641. The van der Waals surface area contributed by atoms with Crippen LogP contribution in [0.2, 0.25) is 0 Å². The van der Waals surface area contributed by atoms with Crippen LogP contribution in [0.4, 0.5) is 5.69 Å². The highest BCUT2D eigenvalue weighted by Gasteiger charge is 2.37. The SMILES string of the molecule is C=CCSC(=S)N1CC(CC)(CC)CSC1=Nc1ccccc1OC. The second kappa shape index (κ2) is 9.64. The predicted octanol–water partition coefficient (Wildman–Crippen LogP) is 5.74. The number of hydrogen-bond donors (Lipinski definition) is 0. The van der Waals surface area contributed by atoms with Crippen molar-refractivity contribution in [2.24, 2.45) is 10.4 Å². The van der Waals surface area contributed by atoms with Crippen LogP contribution < -0.4 is 4.74 Å². The number of thioether (sulfide) groups is 2. The number of rotatable bonds is 6. The van der Waals surface area contributed by atoms with Crippen LogP contribution in [-0.4, -0.2) is 39.5 Å². The average Bonchev–Trinajstić information content (AvgIpc) is 2.67. The van der Waals surface area contributed by atoms with Crippen LogP contribution in [0.1, 0.15) is 26.7 Å². The smallest absolute Gasteiger partial charge is 0.170 e.